The van der Waals surface area contributed by atoms with Crippen molar-refractivity contribution in [3.8, 4) is 0 Å². The van der Waals surface area contributed by atoms with Gasteiger partial charge in [-0.15, -0.1) is 11.8 Å². The summed E-state index contributed by atoms with van der Waals surface area (Å²) in [6, 6.07) is 14.6. The predicted octanol–water partition coefficient (Wildman–Crippen LogP) is 3.30. The minimum absolute atomic E-state index is 0.162. The van der Waals surface area contributed by atoms with Crippen LogP contribution < -0.4 is 5.32 Å². The van der Waals surface area contributed by atoms with Crippen LogP contribution >= 0.6 is 11.8 Å². The van der Waals surface area contributed by atoms with Gasteiger partial charge in [0, 0.05) is 37.6 Å². The number of rotatable bonds is 8. The highest BCUT2D eigenvalue weighted by Crippen LogP contribution is 2.24. The molecule has 0 unspecified atom stereocenters. The van der Waals surface area contributed by atoms with Gasteiger partial charge < -0.3 is 5.32 Å². The first-order valence-corrected chi connectivity index (χ1v) is 13.1. The Balaban J connectivity index is 1.47. The molecular formula is C23H31N3O3S2. The SMILES string of the molecule is CSc1ccccc1CN1CCC(CNC(=O)c2ccc(S(=O)(=O)N(C)C)cc2)CC1. The molecule has 1 heterocycles. The average Bonchev–Trinajstić information content (AvgIpc) is 2.78. The number of thioether (sulfide) groups is 1. The third-order valence-electron chi connectivity index (χ3n) is 5.74. The normalized spacial score (nSPS) is 15.9. The molecule has 0 spiro atoms. The number of nitrogens with zero attached hydrogens (tertiary/aromatic N) is 2. The molecule has 0 saturated carbocycles. The highest BCUT2D eigenvalue weighted by molar-refractivity contribution is 7.98. The molecule has 8 heteroatoms. The zero-order chi connectivity index (χ0) is 22.4. The number of sulfonamides is 1. The van der Waals surface area contributed by atoms with Crippen LogP contribution in [0.1, 0.15) is 28.8 Å². The maximum absolute atomic E-state index is 12.5. The number of hydrogen-bond acceptors (Lipinski definition) is 5. The summed E-state index contributed by atoms with van der Waals surface area (Å²) in [4.78, 5) is 16.5. The summed E-state index contributed by atoms with van der Waals surface area (Å²) in [6.45, 7) is 3.67. The van der Waals surface area contributed by atoms with E-state index in [4.69, 9.17) is 0 Å². The molecule has 1 aliphatic rings. The number of benzene rings is 2. The van der Waals surface area contributed by atoms with Crippen LogP contribution in [0.5, 0.6) is 0 Å². The minimum Gasteiger partial charge on any atom is -0.352 e. The Morgan fingerprint density at radius 1 is 1.10 bits per heavy atom. The zero-order valence-electron chi connectivity index (χ0n) is 18.4. The van der Waals surface area contributed by atoms with E-state index < -0.39 is 10.0 Å². The molecule has 6 nitrogen and oxygen atoms in total. The Morgan fingerprint density at radius 2 is 1.74 bits per heavy atom. The van der Waals surface area contributed by atoms with Gasteiger partial charge in [0.2, 0.25) is 10.0 Å². The highest BCUT2D eigenvalue weighted by atomic mass is 32.2. The van der Waals surface area contributed by atoms with E-state index in [1.807, 2.05) is 0 Å². The number of amides is 1. The molecule has 0 bridgehead atoms. The summed E-state index contributed by atoms with van der Waals surface area (Å²) in [7, 11) is -0.508. The molecule has 168 valence electrons. The molecule has 1 amide bonds. The average molecular weight is 462 g/mol. The van der Waals surface area contributed by atoms with Gasteiger partial charge in [-0.3, -0.25) is 9.69 Å². The quantitative estimate of drug-likeness (QED) is 0.611. The smallest absolute Gasteiger partial charge is 0.251 e. The van der Waals surface area contributed by atoms with E-state index >= 15 is 0 Å². The summed E-state index contributed by atoms with van der Waals surface area (Å²) in [6.07, 6.45) is 4.23. The van der Waals surface area contributed by atoms with Crippen LogP contribution in [0, 0.1) is 5.92 Å². The minimum atomic E-state index is -3.49. The van der Waals surface area contributed by atoms with E-state index in [0.29, 0.717) is 18.0 Å². The molecule has 3 rings (SSSR count). The van der Waals surface area contributed by atoms with Crippen molar-refractivity contribution in [2.75, 3.05) is 40.0 Å². The first-order chi connectivity index (χ1) is 14.8. The van der Waals surface area contributed by atoms with Gasteiger partial charge in [-0.1, -0.05) is 18.2 Å². The van der Waals surface area contributed by atoms with Crippen LogP contribution in [-0.2, 0) is 16.6 Å². The maximum atomic E-state index is 12.5. The fourth-order valence-electron chi connectivity index (χ4n) is 3.75. The summed E-state index contributed by atoms with van der Waals surface area (Å²) in [5.41, 5.74) is 1.85. The Kier molecular flexibility index (Phi) is 8.16. The van der Waals surface area contributed by atoms with Crippen molar-refractivity contribution in [3.63, 3.8) is 0 Å². The van der Waals surface area contributed by atoms with Gasteiger partial charge in [-0.25, -0.2) is 12.7 Å². The third kappa shape index (κ3) is 6.10. The first kappa shape index (κ1) is 23.8. The zero-order valence-corrected chi connectivity index (χ0v) is 20.0. The molecule has 0 radical (unpaired) electrons. The van der Waals surface area contributed by atoms with Crippen molar-refractivity contribution in [1.82, 2.24) is 14.5 Å². The maximum Gasteiger partial charge on any atom is 0.251 e. The van der Waals surface area contributed by atoms with Crippen molar-refractivity contribution >= 4 is 27.7 Å². The van der Waals surface area contributed by atoms with Gasteiger partial charge in [0.25, 0.3) is 5.91 Å². The lowest BCUT2D eigenvalue weighted by atomic mass is 9.96. The van der Waals surface area contributed by atoms with Crippen LogP contribution in [0.25, 0.3) is 0 Å². The van der Waals surface area contributed by atoms with Crippen LogP contribution in [0.15, 0.2) is 58.3 Å². The topological polar surface area (TPSA) is 69.7 Å². The molecular weight excluding hydrogens is 430 g/mol. The van der Waals surface area contributed by atoms with Gasteiger partial charge in [0.05, 0.1) is 4.90 Å². The van der Waals surface area contributed by atoms with E-state index in [0.717, 1.165) is 36.8 Å². The molecule has 1 aliphatic heterocycles. The monoisotopic (exact) mass is 461 g/mol. The van der Waals surface area contributed by atoms with Crippen molar-refractivity contribution in [1.29, 1.82) is 0 Å². The lowest BCUT2D eigenvalue weighted by molar-refractivity contribution is 0.0935. The summed E-state index contributed by atoms with van der Waals surface area (Å²) >= 11 is 1.79. The number of piperidine rings is 1. The van der Waals surface area contributed by atoms with E-state index in [1.54, 1.807) is 23.9 Å². The molecule has 1 saturated heterocycles. The number of carbonyl (C=O) groups excluding carboxylic acids is 1. The Morgan fingerprint density at radius 3 is 2.35 bits per heavy atom. The van der Waals surface area contributed by atoms with Crippen LogP contribution in [0.4, 0.5) is 0 Å². The molecule has 0 atom stereocenters. The van der Waals surface area contributed by atoms with Crippen LogP contribution in [0.3, 0.4) is 0 Å². The second-order valence-corrected chi connectivity index (χ2v) is 11.1. The molecule has 0 aliphatic carbocycles. The fraction of sp³-hybridized carbons (Fsp3) is 0.435. The molecule has 0 aromatic heterocycles. The van der Waals surface area contributed by atoms with Crippen LogP contribution in [0.2, 0.25) is 0 Å². The second kappa shape index (κ2) is 10.6. The second-order valence-electron chi connectivity index (χ2n) is 8.05. The summed E-state index contributed by atoms with van der Waals surface area (Å²) in [5, 5.41) is 3.01. The van der Waals surface area contributed by atoms with E-state index in [2.05, 4.69) is 40.7 Å². The van der Waals surface area contributed by atoms with Gasteiger partial charge in [-0.05, 0) is 74.0 Å². The lowest BCUT2D eigenvalue weighted by Gasteiger charge is -2.32. The highest BCUT2D eigenvalue weighted by Gasteiger charge is 2.21. The van der Waals surface area contributed by atoms with E-state index in [1.165, 1.54) is 36.7 Å². The van der Waals surface area contributed by atoms with Crippen molar-refractivity contribution in [2.45, 2.75) is 29.2 Å². The van der Waals surface area contributed by atoms with Crippen molar-refractivity contribution < 1.29 is 13.2 Å². The van der Waals surface area contributed by atoms with E-state index in [9.17, 15) is 13.2 Å². The molecule has 1 N–H and O–H groups in total. The summed E-state index contributed by atoms with van der Waals surface area (Å²) < 4.78 is 25.4. The fourth-order valence-corrected chi connectivity index (χ4v) is 5.26. The number of hydrogen-bond donors (Lipinski definition) is 1. The Hall–Kier alpha value is -1.87. The summed E-state index contributed by atoms with van der Waals surface area (Å²) in [5.74, 6) is 0.300. The molecule has 2 aromatic rings. The number of likely N-dealkylation sites (tertiary alicyclic amines) is 1. The van der Waals surface area contributed by atoms with Gasteiger partial charge in [-0.2, -0.15) is 0 Å². The van der Waals surface area contributed by atoms with E-state index in [-0.39, 0.29) is 10.8 Å². The van der Waals surface area contributed by atoms with Crippen molar-refractivity contribution in [3.05, 3.63) is 59.7 Å². The van der Waals surface area contributed by atoms with Crippen molar-refractivity contribution in [2.24, 2.45) is 5.92 Å². The Bertz CT molecular complexity index is 983. The number of carbonyl (C=O) groups is 1. The third-order valence-corrected chi connectivity index (χ3v) is 8.41. The van der Waals surface area contributed by atoms with Gasteiger partial charge in [0.1, 0.15) is 0 Å². The first-order valence-electron chi connectivity index (χ1n) is 10.5. The predicted molar refractivity (Wildman–Crippen MR) is 126 cm³/mol. The number of nitrogens with one attached hydrogen (secondary N) is 1. The van der Waals surface area contributed by atoms with Gasteiger partial charge in [0.15, 0.2) is 0 Å². The molecule has 2 aromatic carbocycles. The van der Waals surface area contributed by atoms with Gasteiger partial charge >= 0.3 is 0 Å². The molecule has 1 fully saturated rings. The van der Waals surface area contributed by atoms with Crippen LogP contribution in [-0.4, -0.2) is 63.5 Å². The lowest BCUT2D eigenvalue weighted by Crippen LogP contribution is -2.38. The standard InChI is InChI=1S/C23H31N3O3S2/c1-25(2)31(28,29)21-10-8-19(9-11-21)23(27)24-16-18-12-14-26(15-13-18)17-20-6-4-5-7-22(20)30-3/h4-11,18H,12-17H2,1-3H3,(H,24,27). The largest absolute Gasteiger partial charge is 0.352 e. The Labute approximate surface area is 190 Å². The molecule has 31 heavy (non-hydrogen) atoms.